The van der Waals surface area contributed by atoms with Crippen LogP contribution in [0.3, 0.4) is 0 Å². The fourth-order valence-corrected chi connectivity index (χ4v) is 1.87. The van der Waals surface area contributed by atoms with E-state index in [4.69, 9.17) is 6.42 Å². The minimum absolute atomic E-state index is 0.0407. The maximum Gasteiger partial charge on any atom is 0.140 e. The Bertz CT molecular complexity index is 359. The van der Waals surface area contributed by atoms with E-state index in [1.165, 1.54) is 0 Å². The van der Waals surface area contributed by atoms with Gasteiger partial charge in [-0.3, -0.25) is 4.79 Å². The van der Waals surface area contributed by atoms with Crippen LogP contribution in [0.1, 0.15) is 44.1 Å². The lowest BCUT2D eigenvalue weighted by Crippen LogP contribution is -2.11. The average molecular weight is 214 g/mol. The summed E-state index contributed by atoms with van der Waals surface area (Å²) in [5.41, 5.74) is 1.12. The van der Waals surface area contributed by atoms with E-state index >= 15 is 0 Å². The summed E-state index contributed by atoms with van der Waals surface area (Å²) in [5, 5.41) is 0. The molecule has 84 valence electrons. The normalized spacial score (nSPS) is 11.8. The molecule has 0 saturated carbocycles. The van der Waals surface area contributed by atoms with Crippen molar-refractivity contribution in [3.63, 3.8) is 0 Å². The number of terminal acetylenes is 1. The lowest BCUT2D eigenvalue weighted by Gasteiger charge is -2.13. The molecule has 1 aromatic carbocycles. The van der Waals surface area contributed by atoms with Gasteiger partial charge in [0.05, 0.1) is 0 Å². The number of benzene rings is 1. The van der Waals surface area contributed by atoms with E-state index in [1.807, 2.05) is 30.3 Å². The van der Waals surface area contributed by atoms with Gasteiger partial charge in [-0.25, -0.2) is 0 Å². The molecule has 0 aliphatic rings. The van der Waals surface area contributed by atoms with Crippen LogP contribution in [0.5, 0.6) is 0 Å². The van der Waals surface area contributed by atoms with E-state index in [0.29, 0.717) is 18.6 Å². The summed E-state index contributed by atoms with van der Waals surface area (Å²) >= 11 is 0. The van der Waals surface area contributed by atoms with Crippen LogP contribution in [0.25, 0.3) is 0 Å². The number of hydrogen-bond donors (Lipinski definition) is 0. The first kappa shape index (κ1) is 12.5. The molecule has 1 rings (SSSR count). The van der Waals surface area contributed by atoms with Crippen molar-refractivity contribution in [3.05, 3.63) is 35.9 Å². The van der Waals surface area contributed by atoms with E-state index in [0.717, 1.165) is 18.4 Å². The molecule has 0 amide bonds. The molecule has 1 aromatic rings. The van der Waals surface area contributed by atoms with Crippen molar-refractivity contribution in [1.82, 2.24) is 0 Å². The largest absolute Gasteiger partial charge is 0.299 e. The molecule has 0 heterocycles. The Balaban J connectivity index is 2.61. The summed E-state index contributed by atoms with van der Waals surface area (Å²) in [7, 11) is 0. The number of unbranched alkanes of at least 4 members (excludes halogenated alkanes) is 1. The molecule has 1 atom stereocenters. The van der Waals surface area contributed by atoms with E-state index < -0.39 is 0 Å². The number of Topliss-reactive ketones (excluding diaryl/α,β-unsaturated/α-hetero) is 1. The maximum absolute atomic E-state index is 12.0. The second kappa shape index (κ2) is 6.85. The van der Waals surface area contributed by atoms with Crippen LogP contribution in [0.4, 0.5) is 0 Å². The third-order valence-electron chi connectivity index (χ3n) is 2.74. The molecular weight excluding hydrogens is 196 g/mol. The highest BCUT2D eigenvalue weighted by Gasteiger charge is 2.17. The van der Waals surface area contributed by atoms with Crippen LogP contribution >= 0.6 is 0 Å². The lowest BCUT2D eigenvalue weighted by atomic mass is 9.90. The Morgan fingerprint density at radius 1 is 1.38 bits per heavy atom. The van der Waals surface area contributed by atoms with Crippen molar-refractivity contribution >= 4 is 5.78 Å². The molecule has 0 aliphatic carbocycles. The minimum atomic E-state index is 0.0407. The molecule has 16 heavy (non-hydrogen) atoms. The van der Waals surface area contributed by atoms with Gasteiger partial charge in [0.15, 0.2) is 0 Å². The first-order chi connectivity index (χ1) is 7.79. The molecule has 0 radical (unpaired) electrons. The SMILES string of the molecule is C#CCCCC(=O)C(CC)c1ccccc1. The summed E-state index contributed by atoms with van der Waals surface area (Å²) in [4.78, 5) is 12.0. The number of ketones is 1. The smallest absolute Gasteiger partial charge is 0.140 e. The number of rotatable bonds is 6. The van der Waals surface area contributed by atoms with Gasteiger partial charge in [0.1, 0.15) is 5.78 Å². The third-order valence-corrected chi connectivity index (χ3v) is 2.74. The van der Waals surface area contributed by atoms with Crippen LogP contribution in [0, 0.1) is 12.3 Å². The zero-order chi connectivity index (χ0) is 11.8. The monoisotopic (exact) mass is 214 g/mol. The molecule has 0 fully saturated rings. The highest BCUT2D eigenvalue weighted by Crippen LogP contribution is 2.22. The molecule has 0 N–H and O–H groups in total. The highest BCUT2D eigenvalue weighted by molar-refractivity contribution is 5.85. The van der Waals surface area contributed by atoms with E-state index in [9.17, 15) is 4.79 Å². The number of carbonyl (C=O) groups excluding carboxylic acids is 1. The molecule has 1 heteroatoms. The summed E-state index contributed by atoms with van der Waals surface area (Å²) < 4.78 is 0. The Kier molecular flexibility index (Phi) is 5.36. The molecule has 0 aliphatic heterocycles. The Hall–Kier alpha value is -1.55. The van der Waals surface area contributed by atoms with Gasteiger partial charge in [-0.15, -0.1) is 12.3 Å². The van der Waals surface area contributed by atoms with Crippen LogP contribution in [0.2, 0.25) is 0 Å². The molecule has 0 aromatic heterocycles. The summed E-state index contributed by atoms with van der Waals surface area (Å²) in [6.45, 7) is 2.05. The second-order valence-corrected chi connectivity index (χ2v) is 3.90. The topological polar surface area (TPSA) is 17.1 Å². The van der Waals surface area contributed by atoms with Crippen LogP contribution in [-0.2, 0) is 4.79 Å². The standard InChI is InChI=1S/C15H18O/c1-3-5-7-12-15(16)14(4-2)13-10-8-6-9-11-13/h1,6,8-11,14H,4-5,7,12H2,2H3. The molecule has 1 nitrogen and oxygen atoms in total. The van der Waals surface area contributed by atoms with Gasteiger partial charge in [0.2, 0.25) is 0 Å². The Labute approximate surface area is 97.9 Å². The van der Waals surface area contributed by atoms with Gasteiger partial charge < -0.3 is 0 Å². The van der Waals surface area contributed by atoms with Gasteiger partial charge in [0.25, 0.3) is 0 Å². The quantitative estimate of drug-likeness (QED) is 0.523. The van der Waals surface area contributed by atoms with Crippen LogP contribution < -0.4 is 0 Å². The van der Waals surface area contributed by atoms with Gasteiger partial charge in [-0.1, -0.05) is 37.3 Å². The minimum Gasteiger partial charge on any atom is -0.299 e. The molecular formula is C15H18O. The third kappa shape index (κ3) is 3.55. The Morgan fingerprint density at radius 2 is 2.06 bits per heavy atom. The zero-order valence-corrected chi connectivity index (χ0v) is 9.78. The van der Waals surface area contributed by atoms with Crippen molar-refractivity contribution in [3.8, 4) is 12.3 Å². The average Bonchev–Trinajstić information content (AvgIpc) is 2.32. The highest BCUT2D eigenvalue weighted by atomic mass is 16.1. The van der Waals surface area contributed by atoms with Crippen LogP contribution in [0.15, 0.2) is 30.3 Å². The molecule has 1 unspecified atom stereocenters. The van der Waals surface area contributed by atoms with Crippen molar-refractivity contribution in [2.75, 3.05) is 0 Å². The molecule has 0 saturated heterocycles. The molecule has 0 bridgehead atoms. The van der Waals surface area contributed by atoms with E-state index in [-0.39, 0.29) is 5.92 Å². The van der Waals surface area contributed by atoms with Gasteiger partial charge >= 0.3 is 0 Å². The van der Waals surface area contributed by atoms with Crippen molar-refractivity contribution in [2.24, 2.45) is 0 Å². The second-order valence-electron chi connectivity index (χ2n) is 3.90. The van der Waals surface area contributed by atoms with E-state index in [1.54, 1.807) is 0 Å². The predicted molar refractivity (Wildman–Crippen MR) is 67.2 cm³/mol. The Morgan fingerprint density at radius 3 is 2.62 bits per heavy atom. The van der Waals surface area contributed by atoms with Crippen molar-refractivity contribution in [1.29, 1.82) is 0 Å². The van der Waals surface area contributed by atoms with Crippen molar-refractivity contribution in [2.45, 2.75) is 38.5 Å². The van der Waals surface area contributed by atoms with Crippen LogP contribution in [-0.4, -0.2) is 5.78 Å². The lowest BCUT2D eigenvalue weighted by molar-refractivity contribution is -0.120. The first-order valence-corrected chi connectivity index (χ1v) is 5.80. The number of carbonyl (C=O) groups is 1. The van der Waals surface area contributed by atoms with E-state index in [2.05, 4.69) is 12.8 Å². The maximum atomic E-state index is 12.0. The summed E-state index contributed by atoms with van der Waals surface area (Å²) in [6.07, 6.45) is 8.12. The fourth-order valence-electron chi connectivity index (χ4n) is 1.87. The summed E-state index contributed by atoms with van der Waals surface area (Å²) in [6, 6.07) is 9.97. The summed E-state index contributed by atoms with van der Waals surface area (Å²) in [5.74, 6) is 2.92. The fraction of sp³-hybridized carbons (Fsp3) is 0.400. The van der Waals surface area contributed by atoms with Crippen molar-refractivity contribution < 1.29 is 4.79 Å². The zero-order valence-electron chi connectivity index (χ0n) is 9.78. The first-order valence-electron chi connectivity index (χ1n) is 5.80. The van der Waals surface area contributed by atoms with Gasteiger partial charge in [-0.05, 0) is 18.4 Å². The van der Waals surface area contributed by atoms with Gasteiger partial charge in [-0.2, -0.15) is 0 Å². The number of hydrogen-bond acceptors (Lipinski definition) is 1. The van der Waals surface area contributed by atoms with Gasteiger partial charge in [0, 0.05) is 18.8 Å². The predicted octanol–water partition coefficient (Wildman–Crippen LogP) is 3.55. The molecule has 0 spiro atoms.